The van der Waals surface area contributed by atoms with Crippen molar-refractivity contribution in [2.45, 2.75) is 12.5 Å². The van der Waals surface area contributed by atoms with Crippen molar-refractivity contribution in [2.75, 3.05) is 0 Å². The highest BCUT2D eigenvalue weighted by Crippen LogP contribution is 2.38. The molecule has 57 heavy (non-hydrogen) atoms. The van der Waals surface area contributed by atoms with Crippen molar-refractivity contribution in [1.29, 1.82) is 0 Å². The van der Waals surface area contributed by atoms with Crippen LogP contribution in [0.1, 0.15) is 12.5 Å². The Hall–Kier alpha value is -7.43. The first kappa shape index (κ1) is 31.9. The van der Waals surface area contributed by atoms with E-state index in [1.807, 2.05) is 0 Å². The lowest BCUT2D eigenvalue weighted by molar-refractivity contribution is 0.564. The first-order valence-electron chi connectivity index (χ1n) is 19.6. The average Bonchev–Trinajstić information content (AvgIpc) is 3.93. The van der Waals surface area contributed by atoms with Gasteiger partial charge in [-0.05, 0) is 108 Å². The number of para-hydroxylation sites is 2. The van der Waals surface area contributed by atoms with Crippen molar-refractivity contribution in [3.63, 3.8) is 0 Å². The van der Waals surface area contributed by atoms with E-state index in [0.717, 1.165) is 56.1 Å². The van der Waals surface area contributed by atoms with Crippen LogP contribution in [-0.2, 0) is 0 Å². The minimum Gasteiger partial charge on any atom is -0.456 e. The Kier molecular flexibility index (Phi) is 7.02. The third-order valence-corrected chi connectivity index (χ3v) is 11.8. The van der Waals surface area contributed by atoms with Gasteiger partial charge in [0, 0.05) is 48.7 Å². The summed E-state index contributed by atoms with van der Waals surface area (Å²) < 4.78 is 11.3. The number of pyridine rings is 1. The molecule has 0 radical (unpaired) electrons. The summed E-state index contributed by atoms with van der Waals surface area (Å²) >= 11 is 0. The SMILES string of the molecule is C1=c2oc3ccc(-c4cccc(-n5c6ccc(-c7ccccc7)cc6c6cc(-c7ccccc7)ccc65)n4)cc3c2=CC(n2c3ccccc3c3ccccc32)C1. The van der Waals surface area contributed by atoms with Crippen LogP contribution < -0.4 is 10.6 Å². The molecule has 4 nitrogen and oxygen atoms in total. The first-order chi connectivity index (χ1) is 28.2. The van der Waals surface area contributed by atoms with Gasteiger partial charge in [0.05, 0.1) is 22.8 Å². The van der Waals surface area contributed by atoms with Crippen LogP contribution in [0, 0.1) is 0 Å². The van der Waals surface area contributed by atoms with Crippen LogP contribution in [-0.4, -0.2) is 14.1 Å². The Morgan fingerprint density at radius 3 is 1.68 bits per heavy atom. The standard InChI is InChI=1S/C53H35N3O/c1-3-12-34(13-4-1)36-22-26-49-42(30-36)43-31-37(35-14-5-2-6-15-35)23-27-50(43)56(49)53-21-11-18-46(54-53)38-24-28-51-44(32-38)45-33-39(25-29-52(45)57-51)55-47-19-9-7-16-40(47)41-17-8-10-20-48(41)55/h1-24,26-33,39H,25H2. The lowest BCUT2D eigenvalue weighted by Gasteiger charge is -2.18. The minimum atomic E-state index is 0.160. The second-order valence-electron chi connectivity index (χ2n) is 15.1. The summed E-state index contributed by atoms with van der Waals surface area (Å²) in [5, 5.41) is 7.23. The summed E-state index contributed by atoms with van der Waals surface area (Å²) in [6, 6.07) is 65.4. The summed E-state index contributed by atoms with van der Waals surface area (Å²) in [5.41, 5.74) is 13.4. The van der Waals surface area contributed by atoms with Crippen LogP contribution in [0.4, 0.5) is 0 Å². The predicted molar refractivity (Wildman–Crippen MR) is 236 cm³/mol. The second-order valence-corrected chi connectivity index (χ2v) is 15.1. The number of aromatic nitrogens is 3. The normalized spacial score (nSPS) is 14.0. The summed E-state index contributed by atoms with van der Waals surface area (Å²) in [7, 11) is 0. The molecule has 0 amide bonds. The van der Waals surface area contributed by atoms with E-state index in [9.17, 15) is 0 Å². The third kappa shape index (κ3) is 5.04. The Bertz CT molecular complexity index is 3350. The molecule has 0 saturated carbocycles. The van der Waals surface area contributed by atoms with Gasteiger partial charge in [0.1, 0.15) is 16.8 Å². The van der Waals surface area contributed by atoms with Gasteiger partial charge in [0.2, 0.25) is 0 Å². The molecular formula is C53H35N3O. The summed E-state index contributed by atoms with van der Waals surface area (Å²) in [6.45, 7) is 0. The fraction of sp³-hybridized carbons (Fsp3) is 0.0377. The molecule has 7 aromatic carbocycles. The van der Waals surface area contributed by atoms with Crippen molar-refractivity contribution in [1.82, 2.24) is 14.1 Å². The molecule has 0 aliphatic heterocycles. The molecule has 268 valence electrons. The van der Waals surface area contributed by atoms with E-state index in [2.05, 4.69) is 203 Å². The largest absolute Gasteiger partial charge is 0.456 e. The molecule has 4 aromatic heterocycles. The maximum Gasteiger partial charge on any atom is 0.138 e. The van der Waals surface area contributed by atoms with E-state index < -0.39 is 0 Å². The molecule has 1 atom stereocenters. The smallest absolute Gasteiger partial charge is 0.138 e. The molecule has 11 aromatic rings. The van der Waals surface area contributed by atoms with Crippen LogP contribution >= 0.6 is 0 Å². The molecule has 0 spiro atoms. The lowest BCUT2D eigenvalue weighted by Crippen LogP contribution is -2.26. The zero-order chi connectivity index (χ0) is 37.5. The number of hydrogen-bond donors (Lipinski definition) is 0. The Morgan fingerprint density at radius 2 is 1.04 bits per heavy atom. The van der Waals surface area contributed by atoms with Crippen molar-refractivity contribution in [2.24, 2.45) is 0 Å². The van der Waals surface area contributed by atoms with Gasteiger partial charge < -0.3 is 8.98 Å². The van der Waals surface area contributed by atoms with Crippen molar-refractivity contribution < 1.29 is 4.42 Å². The average molecular weight is 730 g/mol. The van der Waals surface area contributed by atoms with Gasteiger partial charge in [-0.1, -0.05) is 115 Å². The molecular weight excluding hydrogens is 695 g/mol. The zero-order valence-corrected chi connectivity index (χ0v) is 31.0. The topological polar surface area (TPSA) is 35.9 Å². The summed E-state index contributed by atoms with van der Waals surface area (Å²) in [5.74, 6) is 0.882. The van der Waals surface area contributed by atoms with E-state index in [1.165, 1.54) is 54.8 Å². The highest BCUT2D eigenvalue weighted by atomic mass is 16.3. The van der Waals surface area contributed by atoms with Gasteiger partial charge in [-0.25, -0.2) is 4.98 Å². The van der Waals surface area contributed by atoms with Crippen molar-refractivity contribution in [3.8, 4) is 39.3 Å². The van der Waals surface area contributed by atoms with Crippen LogP contribution in [0.5, 0.6) is 0 Å². The maximum absolute atomic E-state index is 6.46. The zero-order valence-electron chi connectivity index (χ0n) is 31.0. The van der Waals surface area contributed by atoms with Crippen LogP contribution in [0.15, 0.2) is 186 Å². The molecule has 4 heteroatoms. The molecule has 1 aliphatic rings. The molecule has 1 unspecified atom stereocenters. The molecule has 0 saturated heterocycles. The predicted octanol–water partition coefficient (Wildman–Crippen LogP) is 12.2. The molecule has 1 aliphatic carbocycles. The fourth-order valence-corrected chi connectivity index (χ4v) is 9.20. The van der Waals surface area contributed by atoms with Crippen LogP contribution in [0.2, 0.25) is 0 Å². The number of furan rings is 1. The number of rotatable bonds is 5. The van der Waals surface area contributed by atoms with E-state index in [1.54, 1.807) is 0 Å². The minimum absolute atomic E-state index is 0.160. The van der Waals surface area contributed by atoms with Crippen molar-refractivity contribution >= 4 is 66.7 Å². The number of nitrogens with zero attached hydrogens (tertiary/aromatic N) is 3. The van der Waals surface area contributed by atoms with Gasteiger partial charge in [-0.2, -0.15) is 0 Å². The van der Waals surface area contributed by atoms with Gasteiger partial charge >= 0.3 is 0 Å². The first-order valence-corrected chi connectivity index (χ1v) is 19.6. The van der Waals surface area contributed by atoms with Gasteiger partial charge in [-0.3, -0.25) is 4.57 Å². The van der Waals surface area contributed by atoms with Gasteiger partial charge in [0.25, 0.3) is 0 Å². The summed E-state index contributed by atoms with van der Waals surface area (Å²) in [4.78, 5) is 5.38. The van der Waals surface area contributed by atoms with Gasteiger partial charge in [-0.15, -0.1) is 0 Å². The maximum atomic E-state index is 6.46. The molecule has 12 rings (SSSR count). The Labute approximate surface area is 328 Å². The number of benzene rings is 7. The van der Waals surface area contributed by atoms with E-state index in [0.29, 0.717) is 0 Å². The molecule has 0 fully saturated rings. The van der Waals surface area contributed by atoms with E-state index >= 15 is 0 Å². The Balaban J connectivity index is 1.000. The van der Waals surface area contributed by atoms with E-state index in [-0.39, 0.29) is 6.04 Å². The molecule has 4 heterocycles. The quantitative estimate of drug-likeness (QED) is 0.177. The fourth-order valence-electron chi connectivity index (χ4n) is 9.20. The molecule has 0 bridgehead atoms. The van der Waals surface area contributed by atoms with Gasteiger partial charge in [0.15, 0.2) is 0 Å². The second kappa shape index (κ2) is 12.6. The molecule has 0 N–H and O–H groups in total. The summed E-state index contributed by atoms with van der Waals surface area (Å²) in [6.07, 6.45) is 5.53. The Morgan fingerprint density at radius 1 is 0.456 bits per heavy atom. The third-order valence-electron chi connectivity index (χ3n) is 11.8. The van der Waals surface area contributed by atoms with Crippen molar-refractivity contribution in [3.05, 3.63) is 193 Å². The number of fused-ring (bicyclic) bond motifs is 9. The monoisotopic (exact) mass is 729 g/mol. The lowest BCUT2D eigenvalue weighted by atomic mass is 10.0. The number of hydrogen-bond acceptors (Lipinski definition) is 2. The highest BCUT2D eigenvalue weighted by molar-refractivity contribution is 6.12. The van der Waals surface area contributed by atoms with E-state index in [4.69, 9.17) is 9.40 Å². The van der Waals surface area contributed by atoms with Crippen LogP contribution in [0.3, 0.4) is 0 Å². The highest BCUT2D eigenvalue weighted by Gasteiger charge is 2.20. The van der Waals surface area contributed by atoms with Crippen LogP contribution in [0.25, 0.3) is 106 Å².